The molecule has 0 saturated heterocycles. The van der Waals surface area contributed by atoms with Crippen molar-refractivity contribution in [1.82, 2.24) is 4.57 Å². The number of methoxy groups -OCH3 is 2. The lowest BCUT2D eigenvalue weighted by Crippen LogP contribution is -2.00. The smallest absolute Gasteiger partial charge is 0.210 e. The summed E-state index contributed by atoms with van der Waals surface area (Å²) in [6.07, 6.45) is 4.49. The van der Waals surface area contributed by atoms with Gasteiger partial charge in [0.05, 0.1) is 24.8 Å². The van der Waals surface area contributed by atoms with E-state index in [0.29, 0.717) is 10.5 Å². The van der Waals surface area contributed by atoms with Gasteiger partial charge in [-0.15, -0.1) is 11.3 Å². The van der Waals surface area contributed by atoms with Gasteiger partial charge in [-0.1, -0.05) is 12.1 Å². The summed E-state index contributed by atoms with van der Waals surface area (Å²) in [5.74, 6) is 1.78. The Morgan fingerprint density at radius 3 is 2.55 bits per heavy atom. The highest BCUT2D eigenvalue weighted by molar-refractivity contribution is 7.73. The second-order valence-corrected chi connectivity index (χ2v) is 8.22. The molecular formula is C22H20N2O3S2. The van der Waals surface area contributed by atoms with Crippen LogP contribution in [-0.4, -0.2) is 30.1 Å². The molecule has 0 amide bonds. The van der Waals surface area contributed by atoms with Crippen LogP contribution in [0.5, 0.6) is 17.4 Å². The number of aromatic hydroxyl groups is 1. The van der Waals surface area contributed by atoms with E-state index >= 15 is 0 Å². The number of hydrogen-bond donors (Lipinski definition) is 1. The van der Waals surface area contributed by atoms with Gasteiger partial charge in [0.15, 0.2) is 3.95 Å². The van der Waals surface area contributed by atoms with Gasteiger partial charge in [0, 0.05) is 23.9 Å². The minimum atomic E-state index is 0.186. The molecule has 0 unspecified atom stereocenters. The monoisotopic (exact) mass is 424 g/mol. The lowest BCUT2D eigenvalue weighted by atomic mass is 10.1. The zero-order valence-electron chi connectivity index (χ0n) is 16.1. The Morgan fingerprint density at radius 2 is 1.83 bits per heavy atom. The van der Waals surface area contributed by atoms with Crippen LogP contribution in [0.4, 0.5) is 5.69 Å². The first-order valence-corrected chi connectivity index (χ1v) is 10.3. The first-order chi connectivity index (χ1) is 14.1. The third kappa shape index (κ3) is 3.97. The van der Waals surface area contributed by atoms with Crippen molar-refractivity contribution in [2.75, 3.05) is 14.2 Å². The van der Waals surface area contributed by atoms with Crippen molar-refractivity contribution in [3.63, 3.8) is 0 Å². The number of ether oxygens (including phenoxy) is 2. The zero-order valence-corrected chi connectivity index (χ0v) is 17.7. The first-order valence-electron chi connectivity index (χ1n) is 9.08. The molecular weight excluding hydrogens is 404 g/mol. The predicted molar refractivity (Wildman–Crippen MR) is 121 cm³/mol. The molecule has 4 rings (SSSR count). The summed E-state index contributed by atoms with van der Waals surface area (Å²) < 4.78 is 12.9. The lowest BCUT2D eigenvalue weighted by Gasteiger charge is -2.06. The van der Waals surface area contributed by atoms with Crippen molar-refractivity contribution < 1.29 is 14.6 Å². The van der Waals surface area contributed by atoms with Gasteiger partial charge >= 0.3 is 0 Å². The van der Waals surface area contributed by atoms with E-state index < -0.39 is 0 Å². The molecule has 0 atom stereocenters. The lowest BCUT2D eigenvalue weighted by molar-refractivity contribution is 0.412. The number of allylic oxidation sites excluding steroid dienone is 1. The molecule has 2 heterocycles. The summed E-state index contributed by atoms with van der Waals surface area (Å²) in [5, 5.41) is 10.8. The Morgan fingerprint density at radius 1 is 1.10 bits per heavy atom. The van der Waals surface area contributed by atoms with Gasteiger partial charge in [0.25, 0.3) is 0 Å². The van der Waals surface area contributed by atoms with Crippen molar-refractivity contribution >= 4 is 47.1 Å². The van der Waals surface area contributed by atoms with Gasteiger partial charge in [0.2, 0.25) is 5.88 Å². The van der Waals surface area contributed by atoms with E-state index in [2.05, 4.69) is 4.99 Å². The average molecular weight is 425 g/mol. The number of aryl methyl sites for hydroxylation is 1. The van der Waals surface area contributed by atoms with Gasteiger partial charge in [-0.3, -0.25) is 9.56 Å². The summed E-state index contributed by atoms with van der Waals surface area (Å²) in [6.45, 7) is 0.606. The number of nitrogens with zero attached hydrogens (tertiary/aromatic N) is 2. The minimum absolute atomic E-state index is 0.186. The normalized spacial score (nSPS) is 13.7. The van der Waals surface area contributed by atoms with Crippen LogP contribution in [0, 0.1) is 3.95 Å². The van der Waals surface area contributed by atoms with Crippen molar-refractivity contribution in [2.24, 2.45) is 4.99 Å². The quantitative estimate of drug-likeness (QED) is 0.531. The third-order valence-electron chi connectivity index (χ3n) is 4.82. The predicted octanol–water partition coefficient (Wildman–Crippen LogP) is 5.50. The molecule has 2 aromatic carbocycles. The maximum absolute atomic E-state index is 10.8. The van der Waals surface area contributed by atoms with E-state index in [9.17, 15) is 5.11 Å². The Labute approximate surface area is 178 Å². The molecule has 0 saturated carbocycles. The van der Waals surface area contributed by atoms with E-state index in [-0.39, 0.29) is 5.88 Å². The molecule has 1 aromatic heterocycles. The SMILES string of the molecule is COc1ccc(CCn2c(O)c(/C=C3/C=Nc4ccc(OC)cc43)sc2=S)cc1. The fourth-order valence-electron chi connectivity index (χ4n) is 3.19. The molecule has 0 radical (unpaired) electrons. The molecule has 1 aliphatic heterocycles. The second-order valence-electron chi connectivity index (χ2n) is 6.55. The van der Waals surface area contributed by atoms with Crippen molar-refractivity contribution in [3.05, 3.63) is 62.4 Å². The van der Waals surface area contributed by atoms with Gasteiger partial charge < -0.3 is 14.6 Å². The van der Waals surface area contributed by atoms with Crippen LogP contribution in [0.25, 0.3) is 11.6 Å². The molecule has 3 aromatic rings. The fraction of sp³-hybridized carbons (Fsp3) is 0.182. The van der Waals surface area contributed by atoms with Gasteiger partial charge in [-0.05, 0) is 60.6 Å². The van der Waals surface area contributed by atoms with E-state index in [4.69, 9.17) is 21.7 Å². The molecule has 1 N–H and O–H groups in total. The maximum atomic E-state index is 10.8. The van der Waals surface area contributed by atoms with E-state index in [1.54, 1.807) is 25.0 Å². The number of fused-ring (bicyclic) bond motifs is 1. The molecule has 0 spiro atoms. The average Bonchev–Trinajstić information content (AvgIpc) is 3.27. The third-order valence-corrected chi connectivity index (χ3v) is 6.21. The van der Waals surface area contributed by atoms with Crippen LogP contribution in [0.15, 0.2) is 47.5 Å². The molecule has 7 heteroatoms. The Hall–Kier alpha value is -2.90. The van der Waals surface area contributed by atoms with Crippen LogP contribution in [0.3, 0.4) is 0 Å². The number of thiazole rings is 1. The van der Waals surface area contributed by atoms with Crippen LogP contribution in [-0.2, 0) is 13.0 Å². The highest BCUT2D eigenvalue weighted by atomic mass is 32.1. The topological polar surface area (TPSA) is 56.0 Å². The minimum Gasteiger partial charge on any atom is -0.497 e. The molecule has 1 aliphatic rings. The summed E-state index contributed by atoms with van der Waals surface area (Å²) in [7, 11) is 3.29. The Kier molecular flexibility index (Phi) is 5.51. The first kappa shape index (κ1) is 19.4. The van der Waals surface area contributed by atoms with Gasteiger partial charge in [0.1, 0.15) is 11.5 Å². The summed E-state index contributed by atoms with van der Waals surface area (Å²) in [5.41, 5.74) is 3.95. The van der Waals surface area contributed by atoms with Crippen LogP contribution in [0.1, 0.15) is 16.0 Å². The highest BCUT2D eigenvalue weighted by Gasteiger charge is 2.16. The second kappa shape index (κ2) is 8.23. The molecule has 148 valence electrons. The number of hydrogen-bond acceptors (Lipinski definition) is 6. The zero-order chi connectivity index (χ0) is 20.4. The summed E-state index contributed by atoms with van der Waals surface area (Å²) >= 11 is 6.88. The number of aliphatic imine (C=N–C) groups is 1. The molecule has 0 aliphatic carbocycles. The molecule has 5 nitrogen and oxygen atoms in total. The molecule has 0 bridgehead atoms. The van der Waals surface area contributed by atoms with Crippen LogP contribution < -0.4 is 9.47 Å². The van der Waals surface area contributed by atoms with Crippen LogP contribution in [0.2, 0.25) is 0 Å². The standard InChI is InChI=1S/C22H20N2O3S2/c1-26-16-5-3-14(4-6-16)9-10-24-21(25)20(29-22(24)28)11-15-13-23-19-8-7-17(27-2)12-18(15)19/h3-8,11-13,25H,9-10H2,1-2H3/b15-11-. The van der Waals surface area contributed by atoms with E-state index in [0.717, 1.165) is 45.2 Å². The molecule has 0 fully saturated rings. The van der Waals surface area contributed by atoms with Crippen molar-refractivity contribution in [2.45, 2.75) is 13.0 Å². The number of benzene rings is 2. The number of rotatable bonds is 6. The van der Waals surface area contributed by atoms with E-state index in [1.165, 1.54) is 11.3 Å². The van der Waals surface area contributed by atoms with E-state index in [1.807, 2.05) is 48.5 Å². The van der Waals surface area contributed by atoms with Gasteiger partial charge in [-0.2, -0.15) is 0 Å². The highest BCUT2D eigenvalue weighted by Crippen LogP contribution is 2.37. The van der Waals surface area contributed by atoms with Crippen LogP contribution >= 0.6 is 23.6 Å². The van der Waals surface area contributed by atoms with Crippen molar-refractivity contribution in [1.29, 1.82) is 0 Å². The Balaban J connectivity index is 1.57. The fourth-order valence-corrected chi connectivity index (χ4v) is 4.50. The maximum Gasteiger partial charge on any atom is 0.210 e. The summed E-state index contributed by atoms with van der Waals surface area (Å²) in [4.78, 5) is 5.16. The number of aromatic nitrogens is 1. The Bertz CT molecular complexity index is 1160. The van der Waals surface area contributed by atoms with Crippen molar-refractivity contribution in [3.8, 4) is 17.4 Å². The summed E-state index contributed by atoms with van der Waals surface area (Å²) in [6, 6.07) is 13.7. The van der Waals surface area contributed by atoms with Gasteiger partial charge in [-0.25, -0.2) is 0 Å². The molecule has 29 heavy (non-hydrogen) atoms. The largest absolute Gasteiger partial charge is 0.497 e.